The average molecular weight is 230 g/mol. The molecule has 1 aliphatic rings. The van der Waals surface area contributed by atoms with Crippen LogP contribution in [0.4, 0.5) is 0 Å². The first-order chi connectivity index (χ1) is 7.66. The van der Waals surface area contributed by atoms with Gasteiger partial charge in [0.15, 0.2) is 0 Å². The lowest BCUT2D eigenvalue weighted by molar-refractivity contribution is -0.121. The second-order valence-electron chi connectivity index (χ2n) is 4.37. The molecule has 1 amide bonds. The van der Waals surface area contributed by atoms with Gasteiger partial charge in [0.1, 0.15) is 0 Å². The molecule has 1 rings (SSSR count). The van der Waals surface area contributed by atoms with Gasteiger partial charge < -0.3 is 20.1 Å². The van der Waals surface area contributed by atoms with E-state index in [1.54, 1.807) is 7.11 Å². The van der Waals surface area contributed by atoms with Crippen molar-refractivity contribution in [2.24, 2.45) is 0 Å². The second kappa shape index (κ2) is 6.83. The van der Waals surface area contributed by atoms with Crippen LogP contribution in [0, 0.1) is 0 Å². The van der Waals surface area contributed by atoms with Gasteiger partial charge in [-0.15, -0.1) is 0 Å². The van der Waals surface area contributed by atoms with Crippen molar-refractivity contribution < 1.29 is 14.3 Å². The van der Waals surface area contributed by atoms with Crippen LogP contribution >= 0.6 is 0 Å². The van der Waals surface area contributed by atoms with Crippen molar-refractivity contribution in [2.75, 3.05) is 40.0 Å². The zero-order chi connectivity index (χ0) is 11.9. The van der Waals surface area contributed by atoms with Gasteiger partial charge in [0.2, 0.25) is 5.91 Å². The zero-order valence-electron chi connectivity index (χ0n) is 10.2. The molecule has 16 heavy (non-hydrogen) atoms. The summed E-state index contributed by atoms with van der Waals surface area (Å²) in [6.45, 7) is 5.16. The molecule has 2 N–H and O–H groups in total. The van der Waals surface area contributed by atoms with E-state index in [0.717, 1.165) is 26.1 Å². The van der Waals surface area contributed by atoms with Crippen LogP contribution in [0.25, 0.3) is 0 Å². The number of nitrogens with one attached hydrogen (secondary N) is 2. The van der Waals surface area contributed by atoms with Crippen LogP contribution in [0.15, 0.2) is 0 Å². The van der Waals surface area contributed by atoms with Crippen LogP contribution in [0.5, 0.6) is 0 Å². The van der Waals surface area contributed by atoms with Crippen LogP contribution in [0.3, 0.4) is 0 Å². The third-order valence-electron chi connectivity index (χ3n) is 2.90. The van der Waals surface area contributed by atoms with Gasteiger partial charge in [-0.25, -0.2) is 0 Å². The predicted octanol–water partition coefficient (Wildman–Crippen LogP) is -0.0923. The highest BCUT2D eigenvalue weighted by atomic mass is 16.5. The molecule has 0 aromatic heterocycles. The third kappa shape index (κ3) is 4.92. The Labute approximate surface area is 96.9 Å². The molecule has 1 aliphatic heterocycles. The van der Waals surface area contributed by atoms with E-state index in [0.29, 0.717) is 19.7 Å². The lowest BCUT2D eigenvalue weighted by Crippen LogP contribution is -2.50. The quantitative estimate of drug-likeness (QED) is 0.626. The molecule has 0 unspecified atom stereocenters. The monoisotopic (exact) mass is 230 g/mol. The summed E-state index contributed by atoms with van der Waals surface area (Å²) in [6, 6.07) is 0. The molecule has 0 radical (unpaired) electrons. The maximum absolute atomic E-state index is 11.4. The predicted molar refractivity (Wildman–Crippen MR) is 61.3 cm³/mol. The van der Waals surface area contributed by atoms with Gasteiger partial charge in [-0.3, -0.25) is 4.79 Å². The molecule has 0 atom stereocenters. The van der Waals surface area contributed by atoms with E-state index in [9.17, 15) is 4.79 Å². The van der Waals surface area contributed by atoms with E-state index in [1.807, 2.05) is 0 Å². The molecule has 0 aliphatic carbocycles. The lowest BCUT2D eigenvalue weighted by Gasteiger charge is -2.34. The first kappa shape index (κ1) is 13.4. The summed E-state index contributed by atoms with van der Waals surface area (Å²) >= 11 is 0. The number of hydrogen-bond acceptors (Lipinski definition) is 4. The van der Waals surface area contributed by atoms with Crippen molar-refractivity contribution in [3.05, 3.63) is 0 Å². The topological polar surface area (TPSA) is 59.6 Å². The molecule has 0 spiro atoms. The molecular weight excluding hydrogens is 208 g/mol. The van der Waals surface area contributed by atoms with Gasteiger partial charge >= 0.3 is 0 Å². The van der Waals surface area contributed by atoms with Crippen LogP contribution in [-0.4, -0.2) is 51.5 Å². The van der Waals surface area contributed by atoms with Crippen molar-refractivity contribution in [2.45, 2.75) is 25.3 Å². The lowest BCUT2D eigenvalue weighted by atomic mass is 9.92. The second-order valence-corrected chi connectivity index (χ2v) is 4.37. The summed E-state index contributed by atoms with van der Waals surface area (Å²) in [4.78, 5) is 11.4. The molecule has 0 aromatic rings. The number of carbonyl (C=O) groups is 1. The maximum atomic E-state index is 11.4. The van der Waals surface area contributed by atoms with Gasteiger partial charge in [0.05, 0.1) is 13.2 Å². The number of amides is 1. The van der Waals surface area contributed by atoms with Crippen molar-refractivity contribution in [3.8, 4) is 0 Å². The molecular formula is C11H22N2O3. The minimum absolute atomic E-state index is 0.0183. The normalized spacial score (nSPS) is 19.4. The molecule has 5 heteroatoms. The standard InChI is InChI=1S/C11H22N2O3/c1-11(3-6-16-7-4-11)13-9-10(14)12-5-8-15-2/h13H,3-9H2,1-2H3,(H,12,14). The van der Waals surface area contributed by atoms with E-state index in [-0.39, 0.29) is 11.4 Å². The first-order valence-electron chi connectivity index (χ1n) is 5.75. The fraction of sp³-hybridized carbons (Fsp3) is 0.909. The van der Waals surface area contributed by atoms with E-state index in [4.69, 9.17) is 9.47 Å². The number of carbonyl (C=O) groups excluding carboxylic acids is 1. The van der Waals surface area contributed by atoms with E-state index in [1.165, 1.54) is 0 Å². The Morgan fingerprint density at radius 2 is 2.12 bits per heavy atom. The van der Waals surface area contributed by atoms with Crippen LogP contribution in [0.1, 0.15) is 19.8 Å². The number of rotatable bonds is 6. The largest absolute Gasteiger partial charge is 0.383 e. The first-order valence-corrected chi connectivity index (χ1v) is 5.75. The molecule has 0 bridgehead atoms. The van der Waals surface area contributed by atoms with Crippen molar-refractivity contribution in [3.63, 3.8) is 0 Å². The highest BCUT2D eigenvalue weighted by Crippen LogP contribution is 2.18. The molecule has 5 nitrogen and oxygen atoms in total. The van der Waals surface area contributed by atoms with Crippen molar-refractivity contribution in [1.82, 2.24) is 10.6 Å². The summed E-state index contributed by atoms with van der Waals surface area (Å²) in [5, 5.41) is 6.07. The summed E-state index contributed by atoms with van der Waals surface area (Å²) < 4.78 is 10.1. The SMILES string of the molecule is COCCNC(=O)CNC1(C)CCOCC1. The Kier molecular flexibility index (Phi) is 5.73. The Balaban J connectivity index is 2.14. The minimum atomic E-state index is 0.0183. The van der Waals surface area contributed by atoms with Crippen LogP contribution in [-0.2, 0) is 14.3 Å². The van der Waals surface area contributed by atoms with Gasteiger partial charge in [0.25, 0.3) is 0 Å². The van der Waals surface area contributed by atoms with Crippen molar-refractivity contribution in [1.29, 1.82) is 0 Å². The highest BCUT2D eigenvalue weighted by Gasteiger charge is 2.26. The van der Waals surface area contributed by atoms with Gasteiger partial charge in [-0.2, -0.15) is 0 Å². The third-order valence-corrected chi connectivity index (χ3v) is 2.90. The summed E-state index contributed by atoms with van der Waals surface area (Å²) in [5.74, 6) is 0.0183. The number of ether oxygens (including phenoxy) is 2. The highest BCUT2D eigenvalue weighted by molar-refractivity contribution is 5.78. The zero-order valence-corrected chi connectivity index (χ0v) is 10.2. The summed E-state index contributed by atoms with van der Waals surface area (Å²) in [7, 11) is 1.62. The van der Waals surface area contributed by atoms with Gasteiger partial charge in [-0.05, 0) is 19.8 Å². The van der Waals surface area contributed by atoms with Gasteiger partial charge in [-0.1, -0.05) is 0 Å². The van der Waals surface area contributed by atoms with Gasteiger partial charge in [0, 0.05) is 32.4 Å². The van der Waals surface area contributed by atoms with Crippen molar-refractivity contribution >= 4 is 5.91 Å². The fourth-order valence-corrected chi connectivity index (χ4v) is 1.65. The summed E-state index contributed by atoms with van der Waals surface area (Å²) in [6.07, 6.45) is 1.91. The maximum Gasteiger partial charge on any atom is 0.234 e. The van der Waals surface area contributed by atoms with E-state index >= 15 is 0 Å². The molecule has 0 saturated carbocycles. The van der Waals surface area contributed by atoms with Crippen LogP contribution < -0.4 is 10.6 Å². The Morgan fingerprint density at radius 1 is 1.44 bits per heavy atom. The molecule has 1 saturated heterocycles. The van der Waals surface area contributed by atoms with E-state index in [2.05, 4.69) is 17.6 Å². The number of hydrogen-bond donors (Lipinski definition) is 2. The smallest absolute Gasteiger partial charge is 0.234 e. The summed E-state index contributed by atoms with van der Waals surface area (Å²) in [5.41, 5.74) is 0.0385. The Hall–Kier alpha value is -0.650. The molecule has 94 valence electrons. The van der Waals surface area contributed by atoms with Crippen LogP contribution in [0.2, 0.25) is 0 Å². The molecule has 0 aromatic carbocycles. The number of methoxy groups -OCH3 is 1. The van der Waals surface area contributed by atoms with E-state index < -0.39 is 0 Å². The fourth-order valence-electron chi connectivity index (χ4n) is 1.65. The minimum Gasteiger partial charge on any atom is -0.383 e. The average Bonchev–Trinajstić information content (AvgIpc) is 2.28. The molecule has 1 heterocycles. The Morgan fingerprint density at radius 3 is 2.75 bits per heavy atom. The molecule has 1 fully saturated rings. The Bertz CT molecular complexity index is 215.